The number of nitrogens with zero attached hydrogens (tertiary/aromatic N) is 3. The average Bonchev–Trinajstić information content (AvgIpc) is 3.02. The van der Waals surface area contributed by atoms with Crippen LogP contribution < -0.4 is 10.2 Å². The van der Waals surface area contributed by atoms with E-state index in [-0.39, 0.29) is 18.0 Å². The first-order chi connectivity index (χ1) is 15.5. The van der Waals surface area contributed by atoms with Crippen LogP contribution in [0.25, 0.3) is 0 Å². The van der Waals surface area contributed by atoms with Crippen molar-refractivity contribution in [3.63, 3.8) is 0 Å². The van der Waals surface area contributed by atoms with Crippen molar-refractivity contribution in [2.75, 3.05) is 44.2 Å². The summed E-state index contributed by atoms with van der Waals surface area (Å²) in [6, 6.07) is 6.79. The van der Waals surface area contributed by atoms with Crippen molar-refractivity contribution in [2.45, 2.75) is 64.8 Å². The number of benzene rings is 1. The van der Waals surface area contributed by atoms with E-state index in [1.807, 2.05) is 23.8 Å². The molecule has 3 aliphatic heterocycles. The molecular formula is C25H38N4O3. The SMILES string of the molecule is CC(C)COC(=O)CCC1CCCCN1N1CCN(c2ccc3c(c2)CCNCC3)C1=O. The molecular weight excluding hydrogens is 404 g/mol. The lowest BCUT2D eigenvalue weighted by molar-refractivity contribution is -0.145. The number of esters is 1. The summed E-state index contributed by atoms with van der Waals surface area (Å²) in [7, 11) is 0. The second-order valence-corrected chi connectivity index (χ2v) is 9.69. The van der Waals surface area contributed by atoms with Crippen LogP contribution in [0.5, 0.6) is 0 Å². The quantitative estimate of drug-likeness (QED) is 0.656. The van der Waals surface area contributed by atoms with Gasteiger partial charge in [0.25, 0.3) is 0 Å². The summed E-state index contributed by atoms with van der Waals surface area (Å²) in [6.07, 6.45) is 6.47. The highest BCUT2D eigenvalue weighted by Crippen LogP contribution is 2.29. The normalized spacial score (nSPS) is 22.2. The lowest BCUT2D eigenvalue weighted by Crippen LogP contribution is -2.52. The van der Waals surface area contributed by atoms with Crippen molar-refractivity contribution in [1.82, 2.24) is 15.3 Å². The first-order valence-corrected chi connectivity index (χ1v) is 12.4. The number of hydrogen-bond acceptors (Lipinski definition) is 5. The molecule has 0 radical (unpaired) electrons. The van der Waals surface area contributed by atoms with Crippen LogP contribution in [-0.2, 0) is 22.4 Å². The third kappa shape index (κ3) is 5.44. The fraction of sp³-hybridized carbons (Fsp3) is 0.680. The standard InChI is InChI=1S/C25H38N4O3/c1-19(2)18-32-24(30)9-8-22-5-3-4-14-28(22)29-16-15-27(25(29)31)23-7-6-20-10-12-26-13-11-21(20)17-23/h6-7,17,19,22,26H,3-5,8-16,18H2,1-2H3. The maximum absolute atomic E-state index is 13.4. The molecule has 1 atom stereocenters. The molecule has 7 nitrogen and oxygen atoms in total. The minimum absolute atomic E-state index is 0.0611. The molecule has 1 aromatic rings. The van der Waals surface area contributed by atoms with Crippen LogP contribution in [0.2, 0.25) is 0 Å². The first kappa shape index (κ1) is 23.1. The minimum atomic E-state index is -0.127. The Kier molecular flexibility index (Phi) is 7.68. The average molecular weight is 443 g/mol. The van der Waals surface area contributed by atoms with Gasteiger partial charge in [0.2, 0.25) is 0 Å². The van der Waals surface area contributed by atoms with Crippen LogP contribution >= 0.6 is 0 Å². The monoisotopic (exact) mass is 442 g/mol. The van der Waals surface area contributed by atoms with E-state index in [0.717, 1.165) is 63.8 Å². The number of hydrogen-bond donors (Lipinski definition) is 1. The fourth-order valence-electron chi connectivity index (χ4n) is 5.04. The molecule has 0 spiro atoms. The van der Waals surface area contributed by atoms with Gasteiger partial charge < -0.3 is 10.1 Å². The summed E-state index contributed by atoms with van der Waals surface area (Å²) in [5.74, 6) is 0.223. The minimum Gasteiger partial charge on any atom is -0.465 e. The lowest BCUT2D eigenvalue weighted by Gasteiger charge is -2.41. The van der Waals surface area contributed by atoms with Crippen LogP contribution in [0, 0.1) is 5.92 Å². The van der Waals surface area contributed by atoms with Crippen molar-refractivity contribution in [3.05, 3.63) is 29.3 Å². The second kappa shape index (κ2) is 10.7. The van der Waals surface area contributed by atoms with Gasteiger partial charge in [0.15, 0.2) is 0 Å². The Balaban J connectivity index is 1.39. The van der Waals surface area contributed by atoms with Gasteiger partial charge in [-0.3, -0.25) is 14.7 Å². The summed E-state index contributed by atoms with van der Waals surface area (Å²) in [6.45, 7) is 8.85. The Labute approximate surface area is 192 Å². The van der Waals surface area contributed by atoms with Gasteiger partial charge in [-0.25, -0.2) is 9.80 Å². The van der Waals surface area contributed by atoms with Crippen LogP contribution in [0.3, 0.4) is 0 Å². The molecule has 2 fully saturated rings. The van der Waals surface area contributed by atoms with Crippen molar-refractivity contribution < 1.29 is 14.3 Å². The number of fused-ring (bicyclic) bond motifs is 1. The van der Waals surface area contributed by atoms with E-state index in [4.69, 9.17) is 4.74 Å². The van der Waals surface area contributed by atoms with Gasteiger partial charge in [-0.1, -0.05) is 26.3 Å². The third-order valence-corrected chi connectivity index (χ3v) is 6.80. The summed E-state index contributed by atoms with van der Waals surface area (Å²) >= 11 is 0. The van der Waals surface area contributed by atoms with Gasteiger partial charge in [0, 0.05) is 31.2 Å². The van der Waals surface area contributed by atoms with Crippen LogP contribution in [0.4, 0.5) is 10.5 Å². The molecule has 0 aliphatic carbocycles. The molecule has 1 aromatic carbocycles. The summed E-state index contributed by atoms with van der Waals surface area (Å²) in [5, 5.41) is 7.61. The van der Waals surface area contributed by atoms with E-state index in [1.165, 1.54) is 11.1 Å². The zero-order valence-corrected chi connectivity index (χ0v) is 19.6. The predicted molar refractivity (Wildman–Crippen MR) is 126 cm³/mol. The Morgan fingerprint density at radius 3 is 2.75 bits per heavy atom. The van der Waals surface area contributed by atoms with Crippen LogP contribution in [-0.4, -0.2) is 67.4 Å². The zero-order chi connectivity index (χ0) is 22.5. The predicted octanol–water partition coefficient (Wildman–Crippen LogP) is 3.37. The zero-order valence-electron chi connectivity index (χ0n) is 19.6. The molecule has 3 heterocycles. The first-order valence-electron chi connectivity index (χ1n) is 12.4. The highest BCUT2D eigenvalue weighted by Gasteiger charge is 2.38. The third-order valence-electron chi connectivity index (χ3n) is 6.80. The highest BCUT2D eigenvalue weighted by molar-refractivity contribution is 5.94. The van der Waals surface area contributed by atoms with Gasteiger partial charge in [-0.05, 0) is 74.4 Å². The number of amides is 2. The van der Waals surface area contributed by atoms with Gasteiger partial charge in [0.05, 0.1) is 13.2 Å². The van der Waals surface area contributed by atoms with Crippen LogP contribution in [0.1, 0.15) is 57.1 Å². The summed E-state index contributed by atoms with van der Waals surface area (Å²) in [5.41, 5.74) is 3.75. The Bertz CT molecular complexity index is 812. The molecule has 0 aromatic heterocycles. The molecule has 0 bridgehead atoms. The molecule has 2 saturated heterocycles. The Hall–Kier alpha value is -2.12. The number of piperidine rings is 1. The smallest absolute Gasteiger partial charge is 0.339 e. The van der Waals surface area contributed by atoms with Crippen molar-refractivity contribution in [1.29, 1.82) is 0 Å². The molecule has 1 unspecified atom stereocenters. The molecule has 7 heteroatoms. The van der Waals surface area contributed by atoms with E-state index in [9.17, 15) is 9.59 Å². The molecule has 4 rings (SSSR count). The largest absolute Gasteiger partial charge is 0.465 e. The topological polar surface area (TPSA) is 65.1 Å². The number of rotatable bonds is 7. The Morgan fingerprint density at radius 1 is 1.12 bits per heavy atom. The van der Waals surface area contributed by atoms with Gasteiger partial charge >= 0.3 is 12.0 Å². The van der Waals surface area contributed by atoms with E-state index in [0.29, 0.717) is 32.0 Å². The van der Waals surface area contributed by atoms with Crippen molar-refractivity contribution >= 4 is 17.7 Å². The van der Waals surface area contributed by atoms with Gasteiger partial charge in [-0.15, -0.1) is 0 Å². The summed E-state index contributed by atoms with van der Waals surface area (Å²) in [4.78, 5) is 27.5. The van der Waals surface area contributed by atoms with E-state index in [1.54, 1.807) is 0 Å². The van der Waals surface area contributed by atoms with Crippen molar-refractivity contribution in [2.24, 2.45) is 5.92 Å². The maximum Gasteiger partial charge on any atom is 0.339 e. The second-order valence-electron chi connectivity index (χ2n) is 9.69. The van der Waals surface area contributed by atoms with Crippen LogP contribution in [0.15, 0.2) is 18.2 Å². The molecule has 0 saturated carbocycles. The fourth-order valence-corrected chi connectivity index (χ4v) is 5.04. The number of carbonyl (C=O) groups excluding carboxylic acids is 2. The molecule has 32 heavy (non-hydrogen) atoms. The number of carbonyl (C=O) groups is 2. The van der Waals surface area contributed by atoms with E-state index >= 15 is 0 Å². The Morgan fingerprint density at radius 2 is 1.94 bits per heavy atom. The van der Waals surface area contributed by atoms with Crippen molar-refractivity contribution in [3.8, 4) is 0 Å². The van der Waals surface area contributed by atoms with E-state index in [2.05, 4.69) is 28.5 Å². The number of anilines is 1. The number of ether oxygens (including phenoxy) is 1. The summed E-state index contributed by atoms with van der Waals surface area (Å²) < 4.78 is 5.35. The highest BCUT2D eigenvalue weighted by atomic mass is 16.5. The number of urea groups is 1. The van der Waals surface area contributed by atoms with Gasteiger partial charge in [0.1, 0.15) is 0 Å². The molecule has 176 valence electrons. The number of nitrogens with one attached hydrogen (secondary N) is 1. The van der Waals surface area contributed by atoms with Gasteiger partial charge in [-0.2, -0.15) is 0 Å². The molecule has 2 amide bonds. The molecule has 1 N–H and O–H groups in total. The molecule has 3 aliphatic rings. The lowest BCUT2D eigenvalue weighted by atomic mass is 9.99. The maximum atomic E-state index is 13.4. The van der Waals surface area contributed by atoms with E-state index < -0.39 is 0 Å². The number of hydrazine groups is 1.